The van der Waals surface area contributed by atoms with E-state index in [2.05, 4.69) is 4.98 Å². The van der Waals surface area contributed by atoms with E-state index in [-0.39, 0.29) is 5.97 Å². The lowest BCUT2D eigenvalue weighted by Crippen LogP contribution is -2.04. The molecule has 0 amide bonds. The van der Waals surface area contributed by atoms with Crippen LogP contribution in [0.4, 0.5) is 0 Å². The lowest BCUT2D eigenvalue weighted by atomic mass is 9.96. The van der Waals surface area contributed by atoms with Crippen LogP contribution in [-0.2, 0) is 4.74 Å². The summed E-state index contributed by atoms with van der Waals surface area (Å²) >= 11 is 0. The number of H-pyrrole nitrogens is 1. The van der Waals surface area contributed by atoms with Crippen molar-refractivity contribution < 1.29 is 9.53 Å². The predicted octanol–water partition coefficient (Wildman–Crippen LogP) is 1.14. The Bertz CT molecular complexity index is 504. The van der Waals surface area contributed by atoms with Crippen molar-refractivity contribution in [2.45, 2.75) is 6.92 Å². The number of benzene rings is 1. The van der Waals surface area contributed by atoms with E-state index >= 15 is 0 Å². The molecule has 1 aromatic carbocycles. The number of aromatic nitrogens is 1. The highest BCUT2D eigenvalue weighted by atomic mass is 16.5. The molecule has 0 aliphatic heterocycles. The van der Waals surface area contributed by atoms with Crippen molar-refractivity contribution in [2.75, 3.05) is 6.61 Å². The quantitative estimate of drug-likeness (QED) is 0.582. The van der Waals surface area contributed by atoms with Gasteiger partial charge in [0.2, 0.25) is 0 Å². The van der Waals surface area contributed by atoms with Gasteiger partial charge < -0.3 is 9.72 Å². The van der Waals surface area contributed by atoms with E-state index in [1.165, 1.54) is 0 Å². The van der Waals surface area contributed by atoms with Crippen LogP contribution in [0.5, 0.6) is 0 Å². The summed E-state index contributed by atoms with van der Waals surface area (Å²) in [5.74, 6) is -0.340. The second kappa shape index (κ2) is 3.81. The molecule has 4 heteroatoms. The van der Waals surface area contributed by atoms with E-state index < -0.39 is 0 Å². The summed E-state index contributed by atoms with van der Waals surface area (Å²) in [5.41, 5.74) is 1.97. The molecule has 1 heterocycles. The summed E-state index contributed by atoms with van der Waals surface area (Å²) in [6.07, 6.45) is 0. The zero-order chi connectivity index (χ0) is 10.8. The maximum Gasteiger partial charge on any atom is 0.354 e. The molecule has 74 valence electrons. The Labute approximate surface area is 88.8 Å². The third kappa shape index (κ3) is 1.88. The third-order valence-corrected chi connectivity index (χ3v) is 2.14. The number of nitrogens with one attached hydrogen (secondary N) is 1. The van der Waals surface area contributed by atoms with Crippen molar-refractivity contribution >= 4 is 30.2 Å². The van der Waals surface area contributed by atoms with Gasteiger partial charge in [-0.2, -0.15) is 0 Å². The van der Waals surface area contributed by atoms with Crippen LogP contribution in [0.2, 0.25) is 0 Å². The number of ether oxygens (including phenoxy) is 1. The Morgan fingerprint density at radius 2 is 2.27 bits per heavy atom. The van der Waals surface area contributed by atoms with Gasteiger partial charge in [-0.1, -0.05) is 17.6 Å². The van der Waals surface area contributed by atoms with Crippen molar-refractivity contribution in [3.05, 3.63) is 30.0 Å². The van der Waals surface area contributed by atoms with Crippen molar-refractivity contribution in [3.63, 3.8) is 0 Å². The highest BCUT2D eigenvalue weighted by molar-refractivity contribution is 6.33. The van der Waals surface area contributed by atoms with Crippen LogP contribution in [0.3, 0.4) is 0 Å². The first-order valence-corrected chi connectivity index (χ1v) is 4.76. The molecule has 0 saturated carbocycles. The highest BCUT2D eigenvalue weighted by Gasteiger charge is 2.09. The fourth-order valence-electron chi connectivity index (χ4n) is 1.46. The van der Waals surface area contributed by atoms with Crippen molar-refractivity contribution in [1.82, 2.24) is 4.98 Å². The number of carbonyl (C=O) groups is 1. The summed E-state index contributed by atoms with van der Waals surface area (Å²) < 4.78 is 4.89. The monoisotopic (exact) mass is 199 g/mol. The van der Waals surface area contributed by atoms with E-state index in [0.29, 0.717) is 17.8 Å². The number of hydrogen-bond donors (Lipinski definition) is 1. The van der Waals surface area contributed by atoms with Gasteiger partial charge in [0.25, 0.3) is 0 Å². The molecular formula is C11H10BNO2. The Kier molecular flexibility index (Phi) is 2.50. The van der Waals surface area contributed by atoms with Gasteiger partial charge >= 0.3 is 5.97 Å². The van der Waals surface area contributed by atoms with Crippen molar-refractivity contribution in [1.29, 1.82) is 0 Å². The number of carbonyl (C=O) groups excluding carboxylic acids is 1. The van der Waals surface area contributed by atoms with Crippen LogP contribution in [0.15, 0.2) is 24.3 Å². The molecule has 0 unspecified atom stereocenters. The average molecular weight is 199 g/mol. The third-order valence-electron chi connectivity index (χ3n) is 2.14. The van der Waals surface area contributed by atoms with Gasteiger partial charge in [0, 0.05) is 10.9 Å². The molecule has 2 aromatic rings. The molecular weight excluding hydrogens is 189 g/mol. The Morgan fingerprint density at radius 1 is 1.47 bits per heavy atom. The van der Waals surface area contributed by atoms with Gasteiger partial charge in [-0.05, 0) is 19.1 Å². The fourth-order valence-corrected chi connectivity index (χ4v) is 1.46. The summed E-state index contributed by atoms with van der Waals surface area (Å²) in [5, 5.41) is 0.951. The summed E-state index contributed by atoms with van der Waals surface area (Å²) in [6, 6.07) is 7.21. The lowest BCUT2D eigenvalue weighted by molar-refractivity contribution is 0.0520. The van der Waals surface area contributed by atoms with Crippen LogP contribution in [0.1, 0.15) is 17.4 Å². The van der Waals surface area contributed by atoms with E-state index in [4.69, 9.17) is 12.6 Å². The molecule has 3 nitrogen and oxygen atoms in total. The normalized spacial score (nSPS) is 10.5. The SMILES string of the molecule is [B]c1ccc2cc(C(=O)OCC)[nH]c2c1. The molecule has 0 bridgehead atoms. The van der Waals surface area contributed by atoms with Gasteiger partial charge in [0.1, 0.15) is 13.5 Å². The fraction of sp³-hybridized carbons (Fsp3) is 0.182. The zero-order valence-electron chi connectivity index (χ0n) is 8.41. The topological polar surface area (TPSA) is 42.1 Å². The van der Waals surface area contributed by atoms with E-state index in [1.807, 2.05) is 6.07 Å². The number of hydrogen-bond acceptors (Lipinski definition) is 2. The highest BCUT2D eigenvalue weighted by Crippen LogP contribution is 2.14. The first-order chi connectivity index (χ1) is 7.20. The number of aromatic amines is 1. The lowest BCUT2D eigenvalue weighted by Gasteiger charge is -1.96. The van der Waals surface area contributed by atoms with Crippen LogP contribution in [-0.4, -0.2) is 25.4 Å². The van der Waals surface area contributed by atoms with Crippen LogP contribution in [0, 0.1) is 0 Å². The first kappa shape index (κ1) is 9.83. The molecule has 1 aromatic heterocycles. The smallest absolute Gasteiger partial charge is 0.354 e. The maximum absolute atomic E-state index is 11.4. The van der Waals surface area contributed by atoms with E-state index in [9.17, 15) is 4.79 Å². The van der Waals surface area contributed by atoms with Crippen molar-refractivity contribution in [3.8, 4) is 0 Å². The van der Waals surface area contributed by atoms with Crippen LogP contribution >= 0.6 is 0 Å². The Balaban J connectivity index is 2.42. The van der Waals surface area contributed by atoms with E-state index in [0.717, 1.165) is 10.9 Å². The number of fused-ring (bicyclic) bond motifs is 1. The number of esters is 1. The number of rotatable bonds is 2. The van der Waals surface area contributed by atoms with Gasteiger partial charge in [-0.3, -0.25) is 0 Å². The molecule has 15 heavy (non-hydrogen) atoms. The summed E-state index contributed by atoms with van der Waals surface area (Å²) in [6.45, 7) is 2.15. The largest absolute Gasteiger partial charge is 0.461 e. The summed E-state index contributed by atoms with van der Waals surface area (Å²) in [7, 11) is 5.63. The summed E-state index contributed by atoms with van der Waals surface area (Å²) in [4.78, 5) is 14.4. The second-order valence-corrected chi connectivity index (χ2v) is 3.25. The molecule has 0 saturated heterocycles. The van der Waals surface area contributed by atoms with Gasteiger partial charge in [0.15, 0.2) is 0 Å². The van der Waals surface area contributed by atoms with Gasteiger partial charge in [-0.25, -0.2) is 4.79 Å². The maximum atomic E-state index is 11.4. The minimum Gasteiger partial charge on any atom is -0.461 e. The van der Waals surface area contributed by atoms with Crippen LogP contribution in [0.25, 0.3) is 10.9 Å². The van der Waals surface area contributed by atoms with E-state index in [1.54, 1.807) is 25.1 Å². The predicted molar refractivity (Wildman–Crippen MR) is 59.6 cm³/mol. The second-order valence-electron chi connectivity index (χ2n) is 3.25. The van der Waals surface area contributed by atoms with Gasteiger partial charge in [0.05, 0.1) is 6.61 Å². The van der Waals surface area contributed by atoms with Crippen LogP contribution < -0.4 is 5.46 Å². The molecule has 0 spiro atoms. The molecule has 1 N–H and O–H groups in total. The molecule has 0 fully saturated rings. The van der Waals surface area contributed by atoms with Gasteiger partial charge in [-0.15, -0.1) is 0 Å². The Hall–Kier alpha value is -1.71. The zero-order valence-corrected chi connectivity index (χ0v) is 8.41. The standard InChI is InChI=1S/C11H10BNO2/c1-2-15-11(14)10-5-7-3-4-8(12)6-9(7)13-10/h3-6,13H,2H2,1H3. The minimum atomic E-state index is -0.340. The molecule has 2 radical (unpaired) electrons. The molecule has 0 aliphatic rings. The molecule has 0 atom stereocenters. The molecule has 0 aliphatic carbocycles. The first-order valence-electron chi connectivity index (χ1n) is 4.76. The minimum absolute atomic E-state index is 0.340. The van der Waals surface area contributed by atoms with Crippen molar-refractivity contribution in [2.24, 2.45) is 0 Å². The molecule has 2 rings (SSSR count). The Morgan fingerprint density at radius 3 is 3.00 bits per heavy atom. The average Bonchev–Trinajstić information content (AvgIpc) is 2.60.